The summed E-state index contributed by atoms with van der Waals surface area (Å²) in [6.07, 6.45) is 9.93. The zero-order chi connectivity index (χ0) is 11.4. The van der Waals surface area contributed by atoms with Crippen molar-refractivity contribution in [1.29, 1.82) is 0 Å². The molecule has 3 saturated carbocycles. The van der Waals surface area contributed by atoms with Crippen molar-refractivity contribution in [2.45, 2.75) is 32.2 Å². The summed E-state index contributed by atoms with van der Waals surface area (Å²) in [4.78, 5) is 0. The van der Waals surface area contributed by atoms with Gasteiger partial charge in [0.25, 0.3) is 0 Å². The van der Waals surface area contributed by atoms with E-state index in [2.05, 4.69) is 75.9 Å². The fraction of sp³-hybridized carbons (Fsp3) is 0.833. The quantitative estimate of drug-likeness (QED) is 0.328. The molecule has 3 fully saturated rings. The number of halogens is 4. The van der Waals surface area contributed by atoms with E-state index in [-0.39, 0.29) is 6.47 Å². The maximum absolute atomic E-state index is 3.99. The Bertz CT molecular complexity index is 379. The predicted octanol–water partition coefficient (Wildman–Crippen LogP) is 5.33. The summed E-state index contributed by atoms with van der Waals surface area (Å²) in [5.74, 6) is 1.65. The zero-order valence-corrected chi connectivity index (χ0v) is 15.0. The van der Waals surface area contributed by atoms with E-state index in [0.717, 1.165) is 11.8 Å². The van der Waals surface area contributed by atoms with Crippen molar-refractivity contribution in [3.05, 3.63) is 12.2 Å². The molecule has 0 nitrogen and oxygen atoms in total. The third-order valence-electron chi connectivity index (χ3n) is 5.66. The van der Waals surface area contributed by atoms with Crippen LogP contribution in [-0.2, 0) is 0 Å². The van der Waals surface area contributed by atoms with Crippen LogP contribution in [0.3, 0.4) is 0 Å². The largest absolute Gasteiger partial charge is 0.0935 e. The Kier molecular flexibility index (Phi) is 2.07. The van der Waals surface area contributed by atoms with E-state index in [1.165, 1.54) is 25.7 Å². The maximum Gasteiger partial charge on any atom is 0.0935 e. The van der Waals surface area contributed by atoms with Crippen molar-refractivity contribution in [2.75, 3.05) is 0 Å². The molecule has 0 radical (unpaired) electrons. The first-order chi connectivity index (χ1) is 7.39. The molecule has 0 bridgehead atoms. The highest BCUT2D eigenvalue weighted by molar-refractivity contribution is 9.26. The third kappa shape index (κ3) is 0.946. The molecule has 0 aromatic carbocycles. The number of fused-ring (bicyclic) bond motifs is 1. The first kappa shape index (κ1) is 11.5. The average Bonchev–Trinajstić information content (AvgIpc) is 2.93. The molecule has 4 rings (SSSR count). The number of hydrogen-bond donors (Lipinski definition) is 0. The van der Waals surface area contributed by atoms with Gasteiger partial charge in [-0.15, -0.1) is 0 Å². The lowest BCUT2D eigenvalue weighted by molar-refractivity contribution is 0.221. The molecule has 0 heterocycles. The number of alkyl halides is 4. The van der Waals surface area contributed by atoms with Crippen LogP contribution in [0, 0.1) is 22.7 Å². The Labute approximate surface area is 130 Å². The molecule has 0 unspecified atom stereocenters. The van der Waals surface area contributed by atoms with Crippen LogP contribution in [-0.4, -0.2) is 6.47 Å². The molecule has 4 aliphatic carbocycles. The summed E-state index contributed by atoms with van der Waals surface area (Å²) in [5.41, 5.74) is 0.943. The zero-order valence-electron chi connectivity index (χ0n) is 8.65. The Morgan fingerprint density at radius 2 is 1.25 bits per heavy atom. The monoisotopic (exact) mass is 472 g/mol. The highest BCUT2D eigenvalue weighted by Gasteiger charge is 2.90. The van der Waals surface area contributed by atoms with Gasteiger partial charge in [0.1, 0.15) is 0 Å². The van der Waals surface area contributed by atoms with E-state index < -0.39 is 0 Å². The highest BCUT2D eigenvalue weighted by Crippen LogP contribution is 2.93. The van der Waals surface area contributed by atoms with E-state index in [4.69, 9.17) is 0 Å². The molecule has 88 valence electrons. The van der Waals surface area contributed by atoms with E-state index in [0.29, 0.717) is 10.8 Å². The lowest BCUT2D eigenvalue weighted by atomic mass is 9.73. The third-order valence-corrected chi connectivity index (χ3v) is 11.0. The van der Waals surface area contributed by atoms with Crippen LogP contribution < -0.4 is 0 Å². The van der Waals surface area contributed by atoms with Gasteiger partial charge < -0.3 is 0 Å². The van der Waals surface area contributed by atoms with Crippen LogP contribution in [0.4, 0.5) is 0 Å². The van der Waals surface area contributed by atoms with Crippen molar-refractivity contribution in [2.24, 2.45) is 22.7 Å². The van der Waals surface area contributed by atoms with Crippen molar-refractivity contribution in [3.8, 4) is 0 Å². The van der Waals surface area contributed by atoms with Crippen molar-refractivity contribution >= 4 is 63.7 Å². The van der Waals surface area contributed by atoms with Crippen LogP contribution in [0.5, 0.6) is 0 Å². The van der Waals surface area contributed by atoms with Crippen LogP contribution >= 0.6 is 63.7 Å². The maximum atomic E-state index is 3.99. The molecular formula is C12H12Br4. The minimum Gasteiger partial charge on any atom is -0.0879 e. The van der Waals surface area contributed by atoms with Gasteiger partial charge in [-0.25, -0.2) is 0 Å². The first-order valence-electron chi connectivity index (χ1n) is 5.80. The average molecular weight is 476 g/mol. The Morgan fingerprint density at radius 3 is 1.69 bits per heavy atom. The Balaban J connectivity index is 1.78. The molecule has 0 saturated heterocycles. The Morgan fingerprint density at radius 1 is 0.812 bits per heavy atom. The molecule has 0 aromatic heterocycles. The fourth-order valence-electron chi connectivity index (χ4n) is 4.54. The summed E-state index contributed by atoms with van der Waals surface area (Å²) in [6.45, 7) is 0. The number of hydrogen-bond acceptors (Lipinski definition) is 0. The first-order valence-corrected chi connectivity index (χ1v) is 8.97. The SMILES string of the molecule is BrC1(Br)[C@@H]2C[C@@]34CC=CC[C@@]3(C[C@H]21)C4(Br)Br. The lowest BCUT2D eigenvalue weighted by Gasteiger charge is -2.29. The molecule has 0 N–H and O–H groups in total. The van der Waals surface area contributed by atoms with Gasteiger partial charge in [-0.3, -0.25) is 0 Å². The Hall–Kier alpha value is 1.66. The summed E-state index contributed by atoms with van der Waals surface area (Å²) in [7, 11) is 0. The van der Waals surface area contributed by atoms with Crippen LogP contribution in [0.15, 0.2) is 12.2 Å². The summed E-state index contributed by atoms with van der Waals surface area (Å²) in [6, 6.07) is 0. The molecule has 4 heteroatoms. The second-order valence-electron chi connectivity index (χ2n) is 5.91. The second-order valence-corrected chi connectivity index (χ2v) is 13.0. The minimum absolute atomic E-state index is 0.201. The van der Waals surface area contributed by atoms with Crippen LogP contribution in [0.1, 0.15) is 25.7 Å². The van der Waals surface area contributed by atoms with E-state index in [1.54, 1.807) is 0 Å². The van der Waals surface area contributed by atoms with Gasteiger partial charge in [-0.05, 0) is 37.5 Å². The molecule has 0 aliphatic heterocycles. The van der Waals surface area contributed by atoms with Gasteiger partial charge in [0.15, 0.2) is 0 Å². The smallest absolute Gasteiger partial charge is 0.0879 e. The molecule has 4 atom stereocenters. The van der Waals surface area contributed by atoms with E-state index >= 15 is 0 Å². The number of allylic oxidation sites excluding steroid dienone is 2. The van der Waals surface area contributed by atoms with Crippen molar-refractivity contribution in [1.82, 2.24) is 0 Å². The van der Waals surface area contributed by atoms with Gasteiger partial charge >= 0.3 is 0 Å². The second kappa shape index (κ2) is 2.88. The minimum atomic E-state index is 0.201. The normalized spacial score (nSPS) is 58.2. The van der Waals surface area contributed by atoms with E-state index in [1.807, 2.05) is 0 Å². The standard InChI is InChI=1S/C12H12Br4/c13-11(14)7-5-9-3-1-2-4-10(9,6-8(7)11)12(9,15)16/h1-2,7-8H,3-6H2/t7-,8-,9+,10+/m1/s1. The van der Waals surface area contributed by atoms with Gasteiger partial charge in [0.2, 0.25) is 0 Å². The molecule has 0 amide bonds. The molecule has 16 heavy (non-hydrogen) atoms. The van der Waals surface area contributed by atoms with Gasteiger partial charge in [0.05, 0.1) is 6.47 Å². The summed E-state index contributed by atoms with van der Waals surface area (Å²) < 4.78 is 0.459. The predicted molar refractivity (Wildman–Crippen MR) is 80.6 cm³/mol. The van der Waals surface area contributed by atoms with Crippen molar-refractivity contribution in [3.63, 3.8) is 0 Å². The highest BCUT2D eigenvalue weighted by atomic mass is 79.9. The van der Waals surface area contributed by atoms with Gasteiger partial charge in [0, 0.05) is 10.8 Å². The van der Waals surface area contributed by atoms with E-state index in [9.17, 15) is 0 Å². The topological polar surface area (TPSA) is 0 Å². The summed E-state index contributed by atoms with van der Waals surface area (Å²) >= 11 is 15.7. The van der Waals surface area contributed by atoms with Crippen molar-refractivity contribution < 1.29 is 0 Å². The summed E-state index contributed by atoms with van der Waals surface area (Å²) in [5, 5.41) is 0. The van der Waals surface area contributed by atoms with Crippen LogP contribution in [0.2, 0.25) is 0 Å². The molecule has 4 aliphatic rings. The molecular weight excluding hydrogens is 464 g/mol. The van der Waals surface area contributed by atoms with Gasteiger partial charge in [-0.1, -0.05) is 75.9 Å². The number of rotatable bonds is 0. The molecule has 0 spiro atoms. The van der Waals surface area contributed by atoms with Crippen LogP contribution in [0.25, 0.3) is 0 Å². The lowest BCUT2D eigenvalue weighted by Crippen LogP contribution is -2.22. The van der Waals surface area contributed by atoms with Gasteiger partial charge in [-0.2, -0.15) is 0 Å². The fourth-order valence-corrected chi connectivity index (χ4v) is 8.81. The molecule has 0 aromatic rings.